The summed E-state index contributed by atoms with van der Waals surface area (Å²) in [5.74, 6) is 0. The molecule has 0 saturated heterocycles. The molecule has 0 radical (unpaired) electrons. The lowest BCUT2D eigenvalue weighted by Gasteiger charge is -2.25. The summed E-state index contributed by atoms with van der Waals surface area (Å²) >= 11 is 0. The second kappa shape index (κ2) is 16.8. The molecule has 0 amide bonds. The van der Waals surface area contributed by atoms with Crippen LogP contribution in [0.25, 0.3) is 0 Å². The molecule has 0 fully saturated rings. The molecule has 7 heteroatoms. The van der Waals surface area contributed by atoms with Crippen molar-refractivity contribution in [3.63, 3.8) is 0 Å². The van der Waals surface area contributed by atoms with E-state index in [2.05, 4.69) is 34.4 Å². The van der Waals surface area contributed by atoms with Crippen molar-refractivity contribution >= 4 is 34.1 Å². The van der Waals surface area contributed by atoms with Gasteiger partial charge in [-0.1, -0.05) is 48.6 Å². The van der Waals surface area contributed by atoms with Crippen LogP contribution in [-0.2, 0) is 4.74 Å². The van der Waals surface area contributed by atoms with E-state index in [1.54, 1.807) is 12.2 Å². The summed E-state index contributed by atoms with van der Waals surface area (Å²) in [4.78, 5) is 0. The Kier molecular flexibility index (Phi) is 12.2. The number of hydrogen-bond acceptors (Lipinski definition) is 7. The Hall–Kier alpha value is -4.56. The van der Waals surface area contributed by atoms with E-state index in [1.165, 1.54) is 0 Å². The third kappa shape index (κ3) is 11.0. The summed E-state index contributed by atoms with van der Waals surface area (Å²) < 4.78 is 6.11. The first-order valence-corrected chi connectivity index (χ1v) is 14.6. The lowest BCUT2D eigenvalue weighted by atomic mass is 10.1. The molecular weight excluding hydrogens is 536 g/mol. The normalized spacial score (nSPS) is 13.6. The van der Waals surface area contributed by atoms with Gasteiger partial charge >= 0.3 is 0 Å². The molecule has 0 aliphatic carbocycles. The quantitative estimate of drug-likeness (QED) is 0.0688. The highest BCUT2D eigenvalue weighted by atomic mass is 16.5. The number of rotatable bonds is 18. The van der Waals surface area contributed by atoms with Crippen LogP contribution >= 0.6 is 0 Å². The van der Waals surface area contributed by atoms with Crippen molar-refractivity contribution in [2.75, 3.05) is 34.4 Å². The van der Waals surface area contributed by atoms with Crippen molar-refractivity contribution in [1.29, 1.82) is 0 Å². The molecule has 0 aliphatic heterocycles. The number of ether oxygens (including phenoxy) is 1. The third-order valence-corrected chi connectivity index (χ3v) is 6.86. The number of hydrogen-bond donors (Lipinski definition) is 6. The van der Waals surface area contributed by atoms with E-state index in [0.29, 0.717) is 25.9 Å². The molecule has 4 atom stereocenters. The van der Waals surface area contributed by atoms with Gasteiger partial charge in [-0.3, -0.25) is 0 Å². The average Bonchev–Trinajstić information content (AvgIpc) is 3.04. The summed E-state index contributed by atoms with van der Waals surface area (Å²) in [6.07, 6.45) is 2.02. The molecule has 224 valence electrons. The predicted molar refractivity (Wildman–Crippen MR) is 180 cm³/mol. The van der Waals surface area contributed by atoms with Crippen LogP contribution in [-0.4, -0.2) is 47.7 Å². The number of benzene rings is 4. The summed E-state index contributed by atoms with van der Waals surface area (Å²) in [5.41, 5.74) is 5.85. The van der Waals surface area contributed by atoms with E-state index >= 15 is 0 Å². The number of anilines is 6. The average molecular weight is 579 g/mol. The highest BCUT2D eigenvalue weighted by Crippen LogP contribution is 2.21. The monoisotopic (exact) mass is 578 g/mol. The molecule has 0 spiro atoms. The number of nitrogens with one attached hydrogen (secondary N) is 4. The molecule has 4 unspecified atom stereocenters. The van der Waals surface area contributed by atoms with Crippen molar-refractivity contribution in [3.05, 3.63) is 135 Å². The van der Waals surface area contributed by atoms with Crippen LogP contribution in [0.1, 0.15) is 12.8 Å². The smallest absolute Gasteiger partial charge is 0.0786 e. The molecule has 0 saturated carbocycles. The number of aliphatic hydroxyl groups is 2. The van der Waals surface area contributed by atoms with Gasteiger partial charge in [0.2, 0.25) is 0 Å². The fourth-order valence-electron chi connectivity index (χ4n) is 4.53. The SMILES string of the molecule is C=CC(CC(O)CNc1ccc(Nc2ccccc2)cc1)OC(C=C)CC(O)CNc1ccc(Nc2ccccc2)cc1. The first kappa shape index (κ1) is 31.4. The summed E-state index contributed by atoms with van der Waals surface area (Å²) in [6, 6.07) is 35.8. The Balaban J connectivity index is 1.16. The van der Waals surface area contributed by atoms with Gasteiger partial charge in [-0.15, -0.1) is 13.2 Å². The van der Waals surface area contributed by atoms with E-state index in [-0.39, 0.29) is 12.2 Å². The summed E-state index contributed by atoms with van der Waals surface area (Å²) in [5, 5.41) is 34.6. The maximum absolute atomic E-state index is 10.6. The molecule has 4 aromatic rings. The minimum Gasteiger partial charge on any atom is -0.391 e. The van der Waals surface area contributed by atoms with Crippen molar-refractivity contribution in [2.45, 2.75) is 37.3 Å². The molecule has 7 nitrogen and oxygen atoms in total. The second-order valence-electron chi connectivity index (χ2n) is 10.4. The van der Waals surface area contributed by atoms with E-state index in [9.17, 15) is 10.2 Å². The second-order valence-corrected chi connectivity index (χ2v) is 10.4. The standard InChI is InChI=1S/C36H42N4O3/c1-3-35(23-33(41)25-37-27-15-19-31(20-16-27)39-29-11-7-5-8-12-29)43-36(4-2)24-34(42)26-38-28-17-21-32(22-18-28)40-30-13-9-6-10-14-30/h3-22,33-42H,1-2,23-26H2. The van der Waals surface area contributed by atoms with E-state index in [0.717, 1.165) is 34.1 Å². The van der Waals surface area contributed by atoms with E-state index < -0.39 is 12.2 Å². The molecule has 43 heavy (non-hydrogen) atoms. The Bertz CT molecular complexity index is 1260. The molecule has 4 aromatic carbocycles. The number of para-hydroxylation sites is 2. The van der Waals surface area contributed by atoms with Crippen LogP contribution in [0, 0.1) is 0 Å². The zero-order valence-corrected chi connectivity index (χ0v) is 24.4. The van der Waals surface area contributed by atoms with Crippen molar-refractivity contribution in [2.24, 2.45) is 0 Å². The molecule has 0 bridgehead atoms. The Morgan fingerprint density at radius 1 is 0.512 bits per heavy atom. The fourth-order valence-corrected chi connectivity index (χ4v) is 4.53. The lowest BCUT2D eigenvalue weighted by Crippen LogP contribution is -2.31. The Morgan fingerprint density at radius 2 is 0.837 bits per heavy atom. The first-order valence-electron chi connectivity index (χ1n) is 14.6. The zero-order chi connectivity index (χ0) is 30.3. The van der Waals surface area contributed by atoms with Gasteiger partial charge in [0.15, 0.2) is 0 Å². The lowest BCUT2D eigenvalue weighted by molar-refractivity contribution is -0.00789. The predicted octanol–water partition coefficient (Wildman–Crippen LogP) is 7.33. The van der Waals surface area contributed by atoms with Crippen LogP contribution in [0.5, 0.6) is 0 Å². The van der Waals surface area contributed by atoms with Gasteiger partial charge in [0, 0.05) is 60.1 Å². The molecule has 0 aromatic heterocycles. The minimum absolute atomic E-state index is 0.365. The topological polar surface area (TPSA) is 97.8 Å². The van der Waals surface area contributed by atoms with Crippen molar-refractivity contribution in [1.82, 2.24) is 0 Å². The highest BCUT2D eigenvalue weighted by molar-refractivity contribution is 5.63. The van der Waals surface area contributed by atoms with Gasteiger partial charge in [-0.2, -0.15) is 0 Å². The van der Waals surface area contributed by atoms with Crippen LogP contribution < -0.4 is 21.3 Å². The van der Waals surface area contributed by atoms with Crippen LogP contribution in [0.15, 0.2) is 135 Å². The molecule has 0 aliphatic rings. The minimum atomic E-state index is -0.651. The van der Waals surface area contributed by atoms with Gasteiger partial charge in [0.25, 0.3) is 0 Å². The Labute approximate surface area is 255 Å². The van der Waals surface area contributed by atoms with Gasteiger partial charge in [0.05, 0.1) is 24.4 Å². The maximum Gasteiger partial charge on any atom is 0.0786 e. The zero-order valence-electron chi connectivity index (χ0n) is 24.4. The van der Waals surface area contributed by atoms with Gasteiger partial charge in [-0.25, -0.2) is 0 Å². The molecule has 4 rings (SSSR count). The van der Waals surface area contributed by atoms with Crippen molar-refractivity contribution < 1.29 is 14.9 Å². The third-order valence-electron chi connectivity index (χ3n) is 6.86. The maximum atomic E-state index is 10.6. The van der Waals surface area contributed by atoms with E-state index in [4.69, 9.17) is 4.74 Å². The van der Waals surface area contributed by atoms with Crippen LogP contribution in [0.4, 0.5) is 34.1 Å². The van der Waals surface area contributed by atoms with Gasteiger partial charge < -0.3 is 36.2 Å². The summed E-state index contributed by atoms with van der Waals surface area (Å²) in [7, 11) is 0. The fraction of sp³-hybridized carbons (Fsp3) is 0.222. The molecule has 0 heterocycles. The van der Waals surface area contributed by atoms with Crippen LogP contribution in [0.3, 0.4) is 0 Å². The Morgan fingerprint density at radius 3 is 1.19 bits per heavy atom. The first-order chi connectivity index (χ1) is 21.0. The highest BCUT2D eigenvalue weighted by Gasteiger charge is 2.19. The van der Waals surface area contributed by atoms with Gasteiger partial charge in [0.1, 0.15) is 0 Å². The number of aliphatic hydroxyl groups excluding tert-OH is 2. The molecular formula is C36H42N4O3. The van der Waals surface area contributed by atoms with E-state index in [1.807, 2.05) is 109 Å². The largest absolute Gasteiger partial charge is 0.391 e. The molecule has 6 N–H and O–H groups in total. The van der Waals surface area contributed by atoms with Gasteiger partial charge in [-0.05, 0) is 72.8 Å². The van der Waals surface area contributed by atoms with Crippen LogP contribution in [0.2, 0.25) is 0 Å². The summed E-state index contributed by atoms with van der Waals surface area (Å²) in [6.45, 7) is 8.48. The van der Waals surface area contributed by atoms with Crippen molar-refractivity contribution in [3.8, 4) is 0 Å².